The fraction of sp³-hybridized carbons (Fsp3) is 0.167. The number of hydrogen-bond acceptors (Lipinski definition) is 5. The van der Waals surface area contributed by atoms with Crippen molar-refractivity contribution in [2.75, 3.05) is 5.32 Å². The van der Waals surface area contributed by atoms with Crippen molar-refractivity contribution in [1.29, 1.82) is 0 Å². The molecule has 0 aliphatic carbocycles. The predicted octanol–water partition coefficient (Wildman–Crippen LogP) is 4.16. The average molecular weight is 423 g/mol. The molecule has 0 bridgehead atoms. The Balaban J connectivity index is 1.86. The van der Waals surface area contributed by atoms with E-state index in [4.69, 9.17) is 23.2 Å². The Morgan fingerprint density at radius 1 is 1.11 bits per heavy atom. The standard InChI is InChI=1S/C18H16Cl2N4O4/c1-11(12-3-2-4-14(9-12)24(27)28)22-23-18(26)8-7-17(25)21-16-6-5-13(19)10-15(16)20/h2-6,9-10H,7-8H2,1H3,(H,21,25)(H,23,26). The van der Waals surface area contributed by atoms with E-state index in [1.807, 2.05) is 0 Å². The Labute approximate surface area is 170 Å². The van der Waals surface area contributed by atoms with Crippen LogP contribution in [0.25, 0.3) is 0 Å². The SMILES string of the molecule is CC(=NNC(=O)CCC(=O)Nc1ccc(Cl)cc1Cl)c1cccc([N+](=O)[O-])c1. The van der Waals surface area contributed by atoms with Crippen molar-refractivity contribution in [2.45, 2.75) is 19.8 Å². The number of non-ortho nitro benzene ring substituents is 1. The quantitative estimate of drug-likeness (QED) is 0.395. The van der Waals surface area contributed by atoms with Gasteiger partial charge in [0.2, 0.25) is 11.8 Å². The van der Waals surface area contributed by atoms with Gasteiger partial charge in [-0.3, -0.25) is 19.7 Å². The largest absolute Gasteiger partial charge is 0.325 e. The molecule has 0 spiro atoms. The highest BCUT2D eigenvalue weighted by Gasteiger charge is 2.10. The molecule has 8 nitrogen and oxygen atoms in total. The normalized spacial score (nSPS) is 11.0. The van der Waals surface area contributed by atoms with Crippen molar-refractivity contribution >= 4 is 52.1 Å². The maximum atomic E-state index is 11.9. The summed E-state index contributed by atoms with van der Waals surface area (Å²) in [6.07, 6.45) is -0.168. The van der Waals surface area contributed by atoms with Crippen LogP contribution in [0.4, 0.5) is 11.4 Å². The number of carbonyl (C=O) groups is 2. The number of rotatable bonds is 7. The van der Waals surface area contributed by atoms with Gasteiger partial charge in [0.25, 0.3) is 5.69 Å². The van der Waals surface area contributed by atoms with Gasteiger partial charge in [-0.15, -0.1) is 0 Å². The molecule has 2 aromatic carbocycles. The molecule has 0 aromatic heterocycles. The molecular formula is C18H16Cl2N4O4. The Hall–Kier alpha value is -2.97. The zero-order valence-corrected chi connectivity index (χ0v) is 16.3. The van der Waals surface area contributed by atoms with Crippen molar-refractivity contribution in [1.82, 2.24) is 5.43 Å². The lowest BCUT2D eigenvalue weighted by Gasteiger charge is -2.07. The summed E-state index contributed by atoms with van der Waals surface area (Å²) >= 11 is 11.8. The van der Waals surface area contributed by atoms with E-state index in [0.717, 1.165) is 0 Å². The summed E-state index contributed by atoms with van der Waals surface area (Å²) in [5, 5.41) is 18.0. The predicted molar refractivity (Wildman–Crippen MR) is 108 cm³/mol. The van der Waals surface area contributed by atoms with E-state index in [-0.39, 0.29) is 18.5 Å². The summed E-state index contributed by atoms with van der Waals surface area (Å²) in [6.45, 7) is 1.61. The van der Waals surface area contributed by atoms with Crippen molar-refractivity contribution < 1.29 is 14.5 Å². The highest BCUT2D eigenvalue weighted by Crippen LogP contribution is 2.25. The van der Waals surface area contributed by atoms with E-state index in [2.05, 4.69) is 15.8 Å². The molecule has 2 aromatic rings. The summed E-state index contributed by atoms with van der Waals surface area (Å²) in [5.74, 6) is -0.860. The van der Waals surface area contributed by atoms with Crippen LogP contribution in [0.3, 0.4) is 0 Å². The van der Waals surface area contributed by atoms with E-state index >= 15 is 0 Å². The molecule has 10 heteroatoms. The molecule has 0 unspecified atom stereocenters. The number of benzene rings is 2. The average Bonchev–Trinajstić information content (AvgIpc) is 2.66. The molecule has 0 saturated heterocycles. The van der Waals surface area contributed by atoms with Crippen LogP contribution in [0.5, 0.6) is 0 Å². The van der Waals surface area contributed by atoms with E-state index in [1.54, 1.807) is 25.1 Å². The van der Waals surface area contributed by atoms with Gasteiger partial charge in [-0.1, -0.05) is 35.3 Å². The molecular weight excluding hydrogens is 407 g/mol. The lowest BCUT2D eigenvalue weighted by Crippen LogP contribution is -2.21. The van der Waals surface area contributed by atoms with Gasteiger partial charge in [0.1, 0.15) is 0 Å². The minimum Gasteiger partial charge on any atom is -0.325 e. The molecule has 146 valence electrons. The minimum absolute atomic E-state index is 0.0732. The van der Waals surface area contributed by atoms with Gasteiger partial charge in [0, 0.05) is 35.6 Å². The highest BCUT2D eigenvalue weighted by atomic mass is 35.5. The van der Waals surface area contributed by atoms with Gasteiger partial charge >= 0.3 is 0 Å². The number of anilines is 1. The number of carbonyl (C=O) groups excluding carboxylic acids is 2. The van der Waals surface area contributed by atoms with Crippen LogP contribution in [0.1, 0.15) is 25.3 Å². The number of nitro groups is 1. The number of halogens is 2. The summed E-state index contributed by atoms with van der Waals surface area (Å²) in [6, 6.07) is 10.5. The van der Waals surface area contributed by atoms with Gasteiger partial charge in [-0.25, -0.2) is 5.43 Å². The molecule has 0 heterocycles. The van der Waals surface area contributed by atoms with Crippen molar-refractivity contribution in [3.63, 3.8) is 0 Å². The van der Waals surface area contributed by atoms with Crippen molar-refractivity contribution in [3.8, 4) is 0 Å². The van der Waals surface area contributed by atoms with Gasteiger partial charge < -0.3 is 5.32 Å². The molecule has 2 N–H and O–H groups in total. The van der Waals surface area contributed by atoms with Crippen molar-refractivity contribution in [3.05, 3.63) is 68.2 Å². The second kappa shape index (κ2) is 9.82. The maximum absolute atomic E-state index is 11.9. The number of nitro benzene ring substituents is 1. The molecule has 0 fully saturated rings. The molecule has 0 atom stereocenters. The minimum atomic E-state index is -0.513. The van der Waals surface area contributed by atoms with Gasteiger partial charge in [0.05, 0.1) is 21.3 Å². The second-order valence-corrected chi connectivity index (χ2v) is 6.56. The van der Waals surface area contributed by atoms with Crippen LogP contribution in [-0.2, 0) is 9.59 Å². The lowest BCUT2D eigenvalue weighted by molar-refractivity contribution is -0.384. The Kier molecular flexibility index (Phi) is 7.48. The third-order valence-electron chi connectivity index (χ3n) is 3.61. The highest BCUT2D eigenvalue weighted by molar-refractivity contribution is 6.36. The first-order valence-electron chi connectivity index (χ1n) is 8.09. The van der Waals surface area contributed by atoms with Gasteiger partial charge in [0.15, 0.2) is 0 Å². The van der Waals surface area contributed by atoms with E-state index in [1.165, 1.54) is 24.3 Å². The zero-order chi connectivity index (χ0) is 20.7. The number of hydrogen-bond donors (Lipinski definition) is 2. The number of hydrazone groups is 1. The summed E-state index contributed by atoms with van der Waals surface area (Å²) in [4.78, 5) is 34.1. The summed E-state index contributed by atoms with van der Waals surface area (Å²) < 4.78 is 0. The molecule has 2 rings (SSSR count). The van der Waals surface area contributed by atoms with Gasteiger partial charge in [-0.2, -0.15) is 5.10 Å². The van der Waals surface area contributed by atoms with Crippen LogP contribution in [0.2, 0.25) is 10.0 Å². The topological polar surface area (TPSA) is 114 Å². The third-order valence-corrected chi connectivity index (χ3v) is 4.16. The van der Waals surface area contributed by atoms with Crippen LogP contribution < -0.4 is 10.7 Å². The first kappa shape index (κ1) is 21.3. The Morgan fingerprint density at radius 2 is 1.82 bits per heavy atom. The number of nitrogens with one attached hydrogen (secondary N) is 2. The fourth-order valence-electron chi connectivity index (χ4n) is 2.14. The fourth-order valence-corrected chi connectivity index (χ4v) is 2.60. The molecule has 2 amide bonds. The van der Waals surface area contributed by atoms with Crippen molar-refractivity contribution in [2.24, 2.45) is 5.10 Å². The number of amides is 2. The second-order valence-electron chi connectivity index (χ2n) is 5.71. The van der Waals surface area contributed by atoms with E-state index in [0.29, 0.717) is 27.0 Å². The molecule has 0 aliphatic rings. The number of nitrogens with zero attached hydrogens (tertiary/aromatic N) is 2. The summed E-state index contributed by atoms with van der Waals surface area (Å²) in [7, 11) is 0. The van der Waals surface area contributed by atoms with Crippen LogP contribution in [0, 0.1) is 10.1 Å². The van der Waals surface area contributed by atoms with Crippen LogP contribution in [0.15, 0.2) is 47.6 Å². The Morgan fingerprint density at radius 3 is 2.50 bits per heavy atom. The molecule has 0 saturated carbocycles. The third kappa shape index (κ3) is 6.33. The van der Waals surface area contributed by atoms with Gasteiger partial charge in [-0.05, 0) is 25.1 Å². The maximum Gasteiger partial charge on any atom is 0.270 e. The summed E-state index contributed by atoms with van der Waals surface area (Å²) in [5.41, 5.74) is 3.55. The molecule has 0 radical (unpaired) electrons. The zero-order valence-electron chi connectivity index (χ0n) is 14.7. The first-order valence-corrected chi connectivity index (χ1v) is 8.84. The molecule has 28 heavy (non-hydrogen) atoms. The molecule has 0 aliphatic heterocycles. The van der Waals surface area contributed by atoms with E-state index < -0.39 is 16.7 Å². The van der Waals surface area contributed by atoms with E-state index in [9.17, 15) is 19.7 Å². The lowest BCUT2D eigenvalue weighted by atomic mass is 10.1. The van der Waals surface area contributed by atoms with Crippen LogP contribution in [-0.4, -0.2) is 22.4 Å². The monoisotopic (exact) mass is 422 g/mol. The smallest absolute Gasteiger partial charge is 0.270 e. The first-order chi connectivity index (χ1) is 13.3. The Bertz CT molecular complexity index is 947. The van der Waals surface area contributed by atoms with Crippen LogP contribution >= 0.6 is 23.2 Å².